The van der Waals surface area contributed by atoms with Crippen LogP contribution in [0.1, 0.15) is 32.3 Å². The Kier molecular flexibility index (Phi) is 7.50. The van der Waals surface area contributed by atoms with Crippen molar-refractivity contribution in [1.82, 2.24) is 4.90 Å². The van der Waals surface area contributed by atoms with Crippen molar-refractivity contribution in [2.75, 3.05) is 13.6 Å². The molecule has 1 rings (SSSR count). The molecule has 1 amide bonds. The fraction of sp³-hybridized carbons (Fsp3) is 0.562. The minimum absolute atomic E-state index is 0.108. The van der Waals surface area contributed by atoms with E-state index in [9.17, 15) is 4.79 Å². The number of rotatable bonds is 7. The first-order valence-corrected chi connectivity index (χ1v) is 7.97. The average molecular weight is 331 g/mol. The van der Waals surface area contributed by atoms with E-state index >= 15 is 0 Å². The van der Waals surface area contributed by atoms with Crippen molar-refractivity contribution in [3.8, 4) is 0 Å². The van der Waals surface area contributed by atoms with Gasteiger partial charge >= 0.3 is 0 Å². The second-order valence-electron chi connectivity index (χ2n) is 5.93. The van der Waals surface area contributed by atoms with Crippen LogP contribution in [0.2, 0.25) is 10.0 Å². The van der Waals surface area contributed by atoms with E-state index in [2.05, 4.69) is 13.8 Å². The van der Waals surface area contributed by atoms with Gasteiger partial charge in [-0.2, -0.15) is 0 Å². The Balaban J connectivity index is 2.59. The maximum absolute atomic E-state index is 12.3. The molecule has 2 N–H and O–H groups in total. The maximum Gasteiger partial charge on any atom is 0.222 e. The van der Waals surface area contributed by atoms with Gasteiger partial charge in [-0.1, -0.05) is 43.1 Å². The predicted octanol–water partition coefficient (Wildman–Crippen LogP) is 3.96. The number of carbonyl (C=O) groups excluding carboxylic acids is 1. The SMILES string of the molecule is CC(C)CC(CN)CC(=O)N(C)Cc1ccc(Cl)c(Cl)c1. The summed E-state index contributed by atoms with van der Waals surface area (Å²) >= 11 is 11.9. The highest BCUT2D eigenvalue weighted by molar-refractivity contribution is 6.42. The molecular formula is C16H24Cl2N2O. The van der Waals surface area contributed by atoms with Crippen molar-refractivity contribution in [2.45, 2.75) is 33.2 Å². The molecule has 0 fully saturated rings. The van der Waals surface area contributed by atoms with E-state index in [-0.39, 0.29) is 11.8 Å². The van der Waals surface area contributed by atoms with Crippen LogP contribution in [-0.4, -0.2) is 24.4 Å². The van der Waals surface area contributed by atoms with Crippen molar-refractivity contribution < 1.29 is 4.79 Å². The second-order valence-corrected chi connectivity index (χ2v) is 6.75. The number of halogens is 2. The van der Waals surface area contributed by atoms with E-state index in [0.717, 1.165) is 12.0 Å². The molecule has 0 spiro atoms. The zero-order valence-corrected chi connectivity index (χ0v) is 14.4. The summed E-state index contributed by atoms with van der Waals surface area (Å²) in [5.41, 5.74) is 6.72. The Bertz CT molecular complexity index is 477. The lowest BCUT2D eigenvalue weighted by molar-refractivity contribution is -0.131. The number of amides is 1. The summed E-state index contributed by atoms with van der Waals surface area (Å²) in [6.45, 7) is 5.36. The fourth-order valence-electron chi connectivity index (χ4n) is 2.33. The molecule has 0 aliphatic heterocycles. The highest BCUT2D eigenvalue weighted by atomic mass is 35.5. The fourth-order valence-corrected chi connectivity index (χ4v) is 2.65. The lowest BCUT2D eigenvalue weighted by Gasteiger charge is -2.22. The maximum atomic E-state index is 12.3. The van der Waals surface area contributed by atoms with Gasteiger partial charge in [-0.05, 0) is 42.5 Å². The van der Waals surface area contributed by atoms with E-state index in [1.165, 1.54) is 0 Å². The molecular weight excluding hydrogens is 307 g/mol. The van der Waals surface area contributed by atoms with E-state index in [4.69, 9.17) is 28.9 Å². The summed E-state index contributed by atoms with van der Waals surface area (Å²) in [7, 11) is 1.80. The molecule has 0 aromatic heterocycles. The third-order valence-corrected chi connectivity index (χ3v) is 4.17. The number of benzene rings is 1. The molecule has 0 saturated heterocycles. The number of nitrogens with zero attached hydrogens (tertiary/aromatic N) is 1. The van der Waals surface area contributed by atoms with Crippen LogP contribution in [0.5, 0.6) is 0 Å². The molecule has 21 heavy (non-hydrogen) atoms. The number of hydrogen-bond donors (Lipinski definition) is 1. The van der Waals surface area contributed by atoms with Gasteiger partial charge in [0.25, 0.3) is 0 Å². The van der Waals surface area contributed by atoms with Crippen LogP contribution >= 0.6 is 23.2 Å². The topological polar surface area (TPSA) is 46.3 Å². The molecule has 1 atom stereocenters. The van der Waals surface area contributed by atoms with Gasteiger partial charge in [0.15, 0.2) is 0 Å². The number of carbonyl (C=O) groups is 1. The lowest BCUT2D eigenvalue weighted by Crippen LogP contribution is -2.30. The van der Waals surface area contributed by atoms with Crippen LogP contribution < -0.4 is 5.73 Å². The summed E-state index contributed by atoms with van der Waals surface area (Å²) in [6.07, 6.45) is 1.47. The van der Waals surface area contributed by atoms with Gasteiger partial charge in [-0.15, -0.1) is 0 Å². The molecule has 5 heteroatoms. The largest absolute Gasteiger partial charge is 0.341 e. The van der Waals surface area contributed by atoms with Crippen LogP contribution in [-0.2, 0) is 11.3 Å². The molecule has 3 nitrogen and oxygen atoms in total. The van der Waals surface area contributed by atoms with Crippen LogP contribution in [0.15, 0.2) is 18.2 Å². The minimum Gasteiger partial charge on any atom is -0.341 e. The van der Waals surface area contributed by atoms with Crippen LogP contribution in [0.3, 0.4) is 0 Å². The molecule has 0 aliphatic carbocycles. The molecule has 1 aromatic rings. The Labute approximate surface area is 137 Å². The van der Waals surface area contributed by atoms with Gasteiger partial charge in [0.2, 0.25) is 5.91 Å². The quantitative estimate of drug-likeness (QED) is 0.822. The zero-order valence-electron chi connectivity index (χ0n) is 12.9. The summed E-state index contributed by atoms with van der Waals surface area (Å²) < 4.78 is 0. The van der Waals surface area contributed by atoms with Gasteiger partial charge < -0.3 is 10.6 Å². The normalized spacial score (nSPS) is 12.5. The Morgan fingerprint density at radius 1 is 1.29 bits per heavy atom. The first-order chi connectivity index (χ1) is 9.83. The van der Waals surface area contributed by atoms with Gasteiger partial charge in [0.05, 0.1) is 10.0 Å². The minimum atomic E-state index is 0.108. The Hall–Kier alpha value is -0.770. The van der Waals surface area contributed by atoms with Crippen molar-refractivity contribution in [2.24, 2.45) is 17.6 Å². The molecule has 1 unspecified atom stereocenters. The highest BCUT2D eigenvalue weighted by Crippen LogP contribution is 2.23. The molecule has 0 bridgehead atoms. The van der Waals surface area contributed by atoms with Crippen LogP contribution in [0, 0.1) is 11.8 Å². The highest BCUT2D eigenvalue weighted by Gasteiger charge is 2.17. The van der Waals surface area contributed by atoms with Crippen LogP contribution in [0.25, 0.3) is 0 Å². The first-order valence-electron chi connectivity index (χ1n) is 7.21. The van der Waals surface area contributed by atoms with E-state index in [1.54, 1.807) is 24.1 Å². The molecule has 0 heterocycles. The second kappa shape index (κ2) is 8.62. The first kappa shape index (κ1) is 18.3. The van der Waals surface area contributed by atoms with E-state index in [0.29, 0.717) is 35.5 Å². The molecule has 0 aliphatic rings. The van der Waals surface area contributed by atoms with E-state index in [1.807, 2.05) is 6.07 Å². The standard InChI is InChI=1S/C16H24Cl2N2O/c1-11(2)6-13(9-19)8-16(21)20(3)10-12-4-5-14(17)15(18)7-12/h4-5,7,11,13H,6,8-10,19H2,1-3H3. The Morgan fingerprint density at radius 2 is 1.95 bits per heavy atom. The number of hydrogen-bond acceptors (Lipinski definition) is 2. The third kappa shape index (κ3) is 6.25. The van der Waals surface area contributed by atoms with Crippen molar-refractivity contribution in [3.63, 3.8) is 0 Å². The monoisotopic (exact) mass is 330 g/mol. The molecule has 0 radical (unpaired) electrons. The average Bonchev–Trinajstić information content (AvgIpc) is 2.41. The molecule has 1 aromatic carbocycles. The van der Waals surface area contributed by atoms with Gasteiger partial charge in [0, 0.05) is 20.0 Å². The summed E-state index contributed by atoms with van der Waals surface area (Å²) in [4.78, 5) is 14.0. The zero-order chi connectivity index (χ0) is 16.0. The van der Waals surface area contributed by atoms with Gasteiger partial charge in [-0.3, -0.25) is 4.79 Å². The Morgan fingerprint density at radius 3 is 2.48 bits per heavy atom. The summed E-state index contributed by atoms with van der Waals surface area (Å²) in [5.74, 6) is 0.901. The van der Waals surface area contributed by atoms with Crippen molar-refractivity contribution >= 4 is 29.1 Å². The van der Waals surface area contributed by atoms with Crippen molar-refractivity contribution in [1.29, 1.82) is 0 Å². The van der Waals surface area contributed by atoms with E-state index < -0.39 is 0 Å². The third-order valence-electron chi connectivity index (χ3n) is 3.43. The summed E-state index contributed by atoms with van der Waals surface area (Å²) in [6, 6.07) is 5.42. The van der Waals surface area contributed by atoms with Gasteiger partial charge in [0.1, 0.15) is 0 Å². The van der Waals surface area contributed by atoms with Gasteiger partial charge in [-0.25, -0.2) is 0 Å². The molecule has 0 saturated carbocycles. The number of nitrogens with two attached hydrogens (primary N) is 1. The smallest absolute Gasteiger partial charge is 0.222 e. The summed E-state index contributed by atoms with van der Waals surface area (Å²) in [5, 5.41) is 1.03. The lowest BCUT2D eigenvalue weighted by atomic mass is 9.94. The van der Waals surface area contributed by atoms with Crippen molar-refractivity contribution in [3.05, 3.63) is 33.8 Å². The molecule has 118 valence electrons. The van der Waals surface area contributed by atoms with Crippen LogP contribution in [0.4, 0.5) is 0 Å². The predicted molar refractivity (Wildman–Crippen MR) is 89.6 cm³/mol.